The van der Waals surface area contributed by atoms with E-state index in [-0.39, 0.29) is 11.7 Å². The molecule has 0 aliphatic carbocycles. The minimum Gasteiger partial charge on any atom is -0.504 e. The first-order chi connectivity index (χ1) is 8.95. The monoisotopic (exact) mass is 268 g/mol. The predicted octanol–water partition coefficient (Wildman–Crippen LogP) is 2.93. The Balaban J connectivity index is 2.63. The second-order valence-electron chi connectivity index (χ2n) is 4.57. The highest BCUT2D eigenvalue weighted by Gasteiger charge is 2.16. The third-order valence-electron chi connectivity index (χ3n) is 2.83. The fourth-order valence-electron chi connectivity index (χ4n) is 1.71. The number of rotatable bonds is 6. The Kier molecular flexibility index (Phi) is 5.48. The van der Waals surface area contributed by atoms with Crippen molar-refractivity contribution in [2.24, 2.45) is 0 Å². The van der Waals surface area contributed by atoms with E-state index in [2.05, 4.69) is 6.92 Å². The molecule has 1 aromatic carbocycles. The number of hydrogen-bond acceptors (Lipinski definition) is 5. The van der Waals surface area contributed by atoms with Crippen LogP contribution in [0, 0.1) is 0 Å². The number of ether oxygens (including phenoxy) is 1. The Hall–Kier alpha value is -1.91. The van der Waals surface area contributed by atoms with Crippen molar-refractivity contribution in [2.75, 3.05) is 0 Å². The lowest BCUT2D eigenvalue weighted by molar-refractivity contribution is 0.0318. The third-order valence-corrected chi connectivity index (χ3v) is 2.83. The van der Waals surface area contributed by atoms with Crippen LogP contribution in [0.25, 0.3) is 0 Å². The maximum atomic E-state index is 11.8. The van der Waals surface area contributed by atoms with Gasteiger partial charge in [-0.2, -0.15) is 0 Å². The number of phenols is 3. The summed E-state index contributed by atoms with van der Waals surface area (Å²) in [6.45, 7) is 3.90. The summed E-state index contributed by atoms with van der Waals surface area (Å²) in [5.74, 6) is -2.38. The molecule has 0 saturated heterocycles. The van der Waals surface area contributed by atoms with Crippen LogP contribution in [0.15, 0.2) is 12.1 Å². The van der Waals surface area contributed by atoms with Gasteiger partial charge in [0.25, 0.3) is 0 Å². The number of carbonyl (C=O) groups is 1. The van der Waals surface area contributed by atoms with Crippen LogP contribution in [0.1, 0.15) is 49.9 Å². The van der Waals surface area contributed by atoms with Crippen molar-refractivity contribution < 1.29 is 24.9 Å². The zero-order valence-corrected chi connectivity index (χ0v) is 11.2. The molecule has 1 aromatic rings. The van der Waals surface area contributed by atoms with E-state index in [1.54, 1.807) is 6.92 Å². The van der Waals surface area contributed by atoms with Crippen LogP contribution in [0.2, 0.25) is 0 Å². The molecule has 1 unspecified atom stereocenters. The van der Waals surface area contributed by atoms with Crippen molar-refractivity contribution >= 4 is 5.97 Å². The normalized spacial score (nSPS) is 12.1. The minimum absolute atomic E-state index is 0.00939. The van der Waals surface area contributed by atoms with E-state index >= 15 is 0 Å². The Morgan fingerprint density at radius 3 is 2.32 bits per heavy atom. The molecule has 0 fully saturated rings. The van der Waals surface area contributed by atoms with Gasteiger partial charge in [0.2, 0.25) is 0 Å². The third kappa shape index (κ3) is 4.35. The standard InChI is InChI=1S/C14H20O5/c1-3-4-5-6-9(2)19-14(18)10-7-11(15)13(17)12(16)8-10/h7-9,15-17H,3-6H2,1-2H3. The van der Waals surface area contributed by atoms with Gasteiger partial charge in [-0.1, -0.05) is 19.8 Å². The summed E-state index contributed by atoms with van der Waals surface area (Å²) in [7, 11) is 0. The van der Waals surface area contributed by atoms with Gasteiger partial charge in [-0.05, 0) is 31.9 Å². The molecule has 0 aliphatic rings. The summed E-state index contributed by atoms with van der Waals surface area (Å²) < 4.78 is 5.19. The summed E-state index contributed by atoms with van der Waals surface area (Å²) >= 11 is 0. The number of phenolic OH excluding ortho intramolecular Hbond substituents is 3. The topological polar surface area (TPSA) is 87.0 Å². The molecule has 0 aliphatic heterocycles. The number of aromatic hydroxyl groups is 3. The summed E-state index contributed by atoms with van der Waals surface area (Å²) in [5.41, 5.74) is 0.00939. The van der Waals surface area contributed by atoms with Gasteiger partial charge < -0.3 is 20.1 Å². The summed E-state index contributed by atoms with van der Waals surface area (Å²) in [6.07, 6.45) is 3.72. The molecule has 0 bridgehead atoms. The summed E-state index contributed by atoms with van der Waals surface area (Å²) in [4.78, 5) is 11.8. The molecule has 1 atom stereocenters. The molecule has 0 radical (unpaired) electrons. The highest BCUT2D eigenvalue weighted by Crippen LogP contribution is 2.35. The maximum Gasteiger partial charge on any atom is 0.338 e. The van der Waals surface area contributed by atoms with Crippen molar-refractivity contribution in [3.05, 3.63) is 17.7 Å². The number of hydrogen-bond donors (Lipinski definition) is 3. The zero-order chi connectivity index (χ0) is 14.4. The first kappa shape index (κ1) is 15.1. The number of esters is 1. The second-order valence-corrected chi connectivity index (χ2v) is 4.57. The first-order valence-electron chi connectivity index (χ1n) is 6.41. The van der Waals surface area contributed by atoms with Crippen LogP contribution < -0.4 is 0 Å². The van der Waals surface area contributed by atoms with E-state index in [9.17, 15) is 20.1 Å². The Morgan fingerprint density at radius 1 is 1.21 bits per heavy atom. The average Bonchev–Trinajstić information content (AvgIpc) is 2.35. The SMILES string of the molecule is CCCCCC(C)OC(=O)c1cc(O)c(O)c(O)c1. The summed E-state index contributed by atoms with van der Waals surface area (Å²) in [6, 6.07) is 2.13. The van der Waals surface area contributed by atoms with Gasteiger partial charge in [-0.15, -0.1) is 0 Å². The Bertz CT molecular complexity index is 418. The summed E-state index contributed by atoms with van der Waals surface area (Å²) in [5, 5.41) is 27.8. The van der Waals surface area contributed by atoms with Gasteiger partial charge in [0.15, 0.2) is 17.2 Å². The molecule has 106 valence electrons. The zero-order valence-electron chi connectivity index (χ0n) is 11.2. The van der Waals surface area contributed by atoms with Crippen LogP contribution in [-0.4, -0.2) is 27.4 Å². The van der Waals surface area contributed by atoms with E-state index in [1.165, 1.54) is 0 Å². The van der Waals surface area contributed by atoms with Crippen LogP contribution in [0.5, 0.6) is 17.2 Å². The first-order valence-corrected chi connectivity index (χ1v) is 6.41. The van der Waals surface area contributed by atoms with Crippen LogP contribution in [-0.2, 0) is 4.74 Å². The van der Waals surface area contributed by atoms with E-state index < -0.39 is 23.2 Å². The lowest BCUT2D eigenvalue weighted by atomic mass is 10.1. The molecule has 5 heteroatoms. The molecule has 1 rings (SSSR count). The smallest absolute Gasteiger partial charge is 0.338 e. The van der Waals surface area contributed by atoms with Gasteiger partial charge in [-0.3, -0.25) is 0 Å². The lowest BCUT2D eigenvalue weighted by Gasteiger charge is -2.13. The molecule has 5 nitrogen and oxygen atoms in total. The highest BCUT2D eigenvalue weighted by molar-refractivity contribution is 5.91. The largest absolute Gasteiger partial charge is 0.504 e. The van der Waals surface area contributed by atoms with Gasteiger partial charge in [-0.25, -0.2) is 4.79 Å². The fourth-order valence-corrected chi connectivity index (χ4v) is 1.71. The molecular formula is C14H20O5. The van der Waals surface area contributed by atoms with Crippen molar-refractivity contribution in [2.45, 2.75) is 45.6 Å². The van der Waals surface area contributed by atoms with Crippen molar-refractivity contribution in [3.8, 4) is 17.2 Å². The maximum absolute atomic E-state index is 11.8. The number of carbonyl (C=O) groups excluding carboxylic acids is 1. The van der Waals surface area contributed by atoms with E-state index in [1.807, 2.05) is 0 Å². The highest BCUT2D eigenvalue weighted by atomic mass is 16.5. The van der Waals surface area contributed by atoms with Crippen molar-refractivity contribution in [3.63, 3.8) is 0 Å². The van der Waals surface area contributed by atoms with Gasteiger partial charge in [0.05, 0.1) is 11.7 Å². The molecule has 0 heterocycles. The quantitative estimate of drug-likeness (QED) is 0.419. The number of unbranched alkanes of at least 4 members (excludes halogenated alkanes) is 2. The van der Waals surface area contributed by atoms with Crippen LogP contribution in [0.3, 0.4) is 0 Å². The van der Waals surface area contributed by atoms with E-state index in [4.69, 9.17) is 4.74 Å². The molecule has 3 N–H and O–H groups in total. The van der Waals surface area contributed by atoms with Gasteiger partial charge >= 0.3 is 5.97 Å². The predicted molar refractivity (Wildman–Crippen MR) is 70.5 cm³/mol. The van der Waals surface area contributed by atoms with Crippen molar-refractivity contribution in [1.29, 1.82) is 0 Å². The second kappa shape index (κ2) is 6.87. The van der Waals surface area contributed by atoms with E-state index in [0.717, 1.165) is 37.8 Å². The Morgan fingerprint density at radius 2 is 1.79 bits per heavy atom. The fraction of sp³-hybridized carbons (Fsp3) is 0.500. The van der Waals surface area contributed by atoms with Gasteiger partial charge in [0.1, 0.15) is 0 Å². The molecular weight excluding hydrogens is 248 g/mol. The van der Waals surface area contributed by atoms with Gasteiger partial charge in [0, 0.05) is 0 Å². The molecule has 0 amide bonds. The average molecular weight is 268 g/mol. The molecule has 0 saturated carbocycles. The van der Waals surface area contributed by atoms with Crippen LogP contribution >= 0.6 is 0 Å². The molecule has 19 heavy (non-hydrogen) atoms. The van der Waals surface area contributed by atoms with E-state index in [0.29, 0.717) is 0 Å². The van der Waals surface area contributed by atoms with Crippen LogP contribution in [0.4, 0.5) is 0 Å². The lowest BCUT2D eigenvalue weighted by Crippen LogP contribution is -2.15. The molecule has 0 spiro atoms. The van der Waals surface area contributed by atoms with Crippen molar-refractivity contribution in [1.82, 2.24) is 0 Å². The minimum atomic E-state index is -0.646. The molecule has 0 aromatic heterocycles. The Labute approximate surface area is 112 Å². The number of benzene rings is 1.